The second kappa shape index (κ2) is 9.77. The molecule has 3 aromatic rings. The fraction of sp³-hybridized carbons (Fsp3) is 0.136. The lowest BCUT2D eigenvalue weighted by atomic mass is 10.2. The number of rotatable bonds is 8. The van der Waals surface area contributed by atoms with E-state index in [1.54, 1.807) is 37.4 Å². The molecule has 0 saturated carbocycles. The van der Waals surface area contributed by atoms with Crippen molar-refractivity contribution in [2.45, 2.75) is 18.4 Å². The Morgan fingerprint density at radius 1 is 1.07 bits per heavy atom. The molecular weight excluding hydrogens is 468 g/mol. The third kappa shape index (κ3) is 5.84. The minimum Gasteiger partial charge on any atom is -0.497 e. The van der Waals surface area contributed by atoms with Gasteiger partial charge in [-0.15, -0.1) is 0 Å². The van der Waals surface area contributed by atoms with Crippen molar-refractivity contribution >= 4 is 32.2 Å². The van der Waals surface area contributed by atoms with Gasteiger partial charge in [-0.3, -0.25) is 0 Å². The van der Waals surface area contributed by atoms with Crippen molar-refractivity contribution in [1.29, 1.82) is 0 Å². The van der Waals surface area contributed by atoms with Gasteiger partial charge in [0.05, 0.1) is 18.2 Å². The van der Waals surface area contributed by atoms with Crippen molar-refractivity contribution < 1.29 is 17.9 Å². The lowest BCUT2D eigenvalue weighted by molar-refractivity contribution is 0.305. The quantitative estimate of drug-likeness (QED) is 0.369. The SMILES string of the molecule is COc1ccc(OCc2cccc(Br)c2)c(C=NNS(=O)(=O)c2ccc(C)cc2)c1. The van der Waals surface area contributed by atoms with E-state index in [0.717, 1.165) is 15.6 Å². The first kappa shape index (κ1) is 21.9. The zero-order chi connectivity index (χ0) is 21.6. The summed E-state index contributed by atoms with van der Waals surface area (Å²) in [7, 11) is -2.21. The molecule has 0 aliphatic heterocycles. The van der Waals surface area contributed by atoms with Crippen LogP contribution in [-0.2, 0) is 16.6 Å². The van der Waals surface area contributed by atoms with Gasteiger partial charge in [-0.1, -0.05) is 45.8 Å². The molecule has 0 unspecified atom stereocenters. The van der Waals surface area contributed by atoms with Crippen LogP contribution in [0.5, 0.6) is 11.5 Å². The summed E-state index contributed by atoms with van der Waals surface area (Å²) >= 11 is 3.44. The third-order valence-electron chi connectivity index (χ3n) is 4.21. The number of methoxy groups -OCH3 is 1. The van der Waals surface area contributed by atoms with E-state index in [0.29, 0.717) is 23.7 Å². The number of benzene rings is 3. The highest BCUT2D eigenvalue weighted by atomic mass is 79.9. The largest absolute Gasteiger partial charge is 0.497 e. The normalized spacial score (nSPS) is 11.4. The Kier molecular flexibility index (Phi) is 7.12. The average Bonchev–Trinajstić information content (AvgIpc) is 2.73. The van der Waals surface area contributed by atoms with Crippen molar-refractivity contribution in [3.05, 3.63) is 87.9 Å². The maximum Gasteiger partial charge on any atom is 0.276 e. The lowest BCUT2D eigenvalue weighted by Crippen LogP contribution is -2.18. The summed E-state index contributed by atoms with van der Waals surface area (Å²) in [5, 5.41) is 3.91. The fourth-order valence-electron chi connectivity index (χ4n) is 2.61. The van der Waals surface area contributed by atoms with Gasteiger partial charge in [0.2, 0.25) is 0 Å². The van der Waals surface area contributed by atoms with E-state index in [4.69, 9.17) is 9.47 Å². The van der Waals surface area contributed by atoms with Gasteiger partial charge in [0.1, 0.15) is 18.1 Å². The van der Waals surface area contributed by atoms with Crippen molar-refractivity contribution in [2.24, 2.45) is 5.10 Å². The molecule has 0 spiro atoms. The first-order valence-corrected chi connectivity index (χ1v) is 11.3. The number of aryl methyl sites for hydroxylation is 1. The Labute approximate surface area is 184 Å². The topological polar surface area (TPSA) is 77.0 Å². The molecule has 0 fully saturated rings. The Balaban J connectivity index is 1.77. The van der Waals surface area contributed by atoms with Gasteiger partial charge < -0.3 is 9.47 Å². The Morgan fingerprint density at radius 2 is 1.83 bits per heavy atom. The van der Waals surface area contributed by atoms with E-state index >= 15 is 0 Å². The number of nitrogens with one attached hydrogen (secondary N) is 1. The van der Waals surface area contributed by atoms with E-state index in [1.807, 2.05) is 31.2 Å². The Hall–Kier alpha value is -2.84. The van der Waals surface area contributed by atoms with Gasteiger partial charge in [-0.2, -0.15) is 13.5 Å². The summed E-state index contributed by atoms with van der Waals surface area (Å²) < 4.78 is 36.9. The smallest absolute Gasteiger partial charge is 0.276 e. The number of hydrazone groups is 1. The van der Waals surface area contributed by atoms with Crippen LogP contribution in [0.2, 0.25) is 0 Å². The highest BCUT2D eigenvalue weighted by Crippen LogP contribution is 2.24. The zero-order valence-electron chi connectivity index (χ0n) is 16.5. The maximum absolute atomic E-state index is 12.4. The van der Waals surface area contributed by atoms with Gasteiger partial charge in [-0.05, 0) is 55.0 Å². The minimum absolute atomic E-state index is 0.141. The molecule has 0 radical (unpaired) electrons. The van der Waals surface area contributed by atoms with Gasteiger partial charge in [0, 0.05) is 10.0 Å². The predicted octanol–water partition coefficient (Wildman–Crippen LogP) is 4.66. The molecule has 0 bridgehead atoms. The van der Waals surface area contributed by atoms with Crippen LogP contribution in [0.25, 0.3) is 0 Å². The van der Waals surface area contributed by atoms with Gasteiger partial charge in [0.15, 0.2) is 0 Å². The second-order valence-corrected chi connectivity index (χ2v) is 9.06. The first-order chi connectivity index (χ1) is 14.4. The summed E-state index contributed by atoms with van der Waals surface area (Å²) in [6.07, 6.45) is 1.39. The van der Waals surface area contributed by atoms with Crippen LogP contribution >= 0.6 is 15.9 Å². The summed E-state index contributed by atoms with van der Waals surface area (Å²) in [5.74, 6) is 1.15. The second-order valence-electron chi connectivity index (χ2n) is 6.49. The molecule has 0 atom stereocenters. The van der Waals surface area contributed by atoms with E-state index in [-0.39, 0.29) is 4.90 Å². The van der Waals surface area contributed by atoms with Crippen LogP contribution in [0.1, 0.15) is 16.7 Å². The van der Waals surface area contributed by atoms with E-state index in [9.17, 15) is 8.42 Å². The number of hydrogen-bond donors (Lipinski definition) is 1. The highest BCUT2D eigenvalue weighted by molar-refractivity contribution is 9.10. The monoisotopic (exact) mass is 488 g/mol. The predicted molar refractivity (Wildman–Crippen MR) is 121 cm³/mol. The number of sulfonamides is 1. The molecule has 0 aromatic heterocycles. The molecule has 3 aromatic carbocycles. The molecule has 156 valence electrons. The molecule has 0 aliphatic carbocycles. The molecule has 6 nitrogen and oxygen atoms in total. The summed E-state index contributed by atoms with van der Waals surface area (Å²) in [6, 6.07) is 19.6. The van der Waals surface area contributed by atoms with Crippen molar-refractivity contribution in [2.75, 3.05) is 7.11 Å². The van der Waals surface area contributed by atoms with Gasteiger partial charge >= 0.3 is 0 Å². The summed E-state index contributed by atoms with van der Waals surface area (Å²) in [5.41, 5.74) is 2.54. The summed E-state index contributed by atoms with van der Waals surface area (Å²) in [6.45, 7) is 2.24. The molecule has 1 N–H and O–H groups in total. The van der Waals surface area contributed by atoms with Gasteiger partial charge in [-0.25, -0.2) is 4.83 Å². The molecule has 3 rings (SSSR count). The Morgan fingerprint density at radius 3 is 2.53 bits per heavy atom. The van der Waals surface area contributed by atoms with Crippen molar-refractivity contribution in [3.63, 3.8) is 0 Å². The van der Waals surface area contributed by atoms with E-state index in [1.165, 1.54) is 18.3 Å². The van der Waals surface area contributed by atoms with Crippen LogP contribution in [0.15, 0.2) is 81.2 Å². The molecule has 0 amide bonds. The van der Waals surface area contributed by atoms with Crippen molar-refractivity contribution in [1.82, 2.24) is 4.83 Å². The van der Waals surface area contributed by atoms with Crippen LogP contribution < -0.4 is 14.3 Å². The standard InChI is InChI=1S/C22H21BrN2O4S/c1-16-6-9-21(10-7-16)30(26,27)25-24-14-18-13-20(28-2)8-11-22(18)29-15-17-4-3-5-19(23)12-17/h3-14,25H,15H2,1-2H3. The number of halogens is 1. The molecule has 30 heavy (non-hydrogen) atoms. The number of nitrogens with zero attached hydrogens (tertiary/aromatic N) is 1. The van der Waals surface area contributed by atoms with Crippen LogP contribution in [0.3, 0.4) is 0 Å². The van der Waals surface area contributed by atoms with E-state index in [2.05, 4.69) is 25.9 Å². The summed E-state index contributed by atoms with van der Waals surface area (Å²) in [4.78, 5) is 2.37. The fourth-order valence-corrected chi connectivity index (χ4v) is 3.85. The third-order valence-corrected chi connectivity index (χ3v) is 5.94. The van der Waals surface area contributed by atoms with Gasteiger partial charge in [0.25, 0.3) is 10.0 Å². The molecule has 0 saturated heterocycles. The minimum atomic E-state index is -3.76. The molecule has 0 aliphatic rings. The molecule has 8 heteroatoms. The number of ether oxygens (including phenoxy) is 2. The average molecular weight is 489 g/mol. The molecular formula is C22H21BrN2O4S. The number of hydrogen-bond acceptors (Lipinski definition) is 5. The highest BCUT2D eigenvalue weighted by Gasteiger charge is 2.12. The van der Waals surface area contributed by atoms with E-state index < -0.39 is 10.0 Å². The maximum atomic E-state index is 12.4. The first-order valence-electron chi connectivity index (χ1n) is 9.04. The van der Waals surface area contributed by atoms with Crippen molar-refractivity contribution in [3.8, 4) is 11.5 Å². The Bertz CT molecular complexity index is 1150. The molecule has 0 heterocycles. The van der Waals surface area contributed by atoms with Crippen LogP contribution in [-0.4, -0.2) is 21.7 Å². The van der Waals surface area contributed by atoms with Crippen LogP contribution in [0, 0.1) is 6.92 Å². The zero-order valence-corrected chi connectivity index (χ0v) is 18.9. The van der Waals surface area contributed by atoms with Crippen LogP contribution in [0.4, 0.5) is 0 Å². The lowest BCUT2D eigenvalue weighted by Gasteiger charge is -2.11.